The molecule has 3 rings (SSSR count). The quantitative estimate of drug-likeness (QED) is 0.366. The van der Waals surface area contributed by atoms with E-state index >= 15 is 0 Å². The molecule has 0 aliphatic carbocycles. The van der Waals surface area contributed by atoms with E-state index in [0.717, 1.165) is 5.56 Å². The molecule has 0 atom stereocenters. The number of rotatable bonds is 8. The molecule has 0 spiro atoms. The van der Waals surface area contributed by atoms with Crippen LogP contribution >= 0.6 is 0 Å². The van der Waals surface area contributed by atoms with Gasteiger partial charge in [0.25, 0.3) is 5.91 Å². The monoisotopic (exact) mass is 422 g/mol. The Balaban J connectivity index is 1.77. The largest absolute Gasteiger partial charge is 0.497 e. The van der Waals surface area contributed by atoms with Crippen LogP contribution < -0.4 is 20.9 Å². The number of carbonyl (C=O) groups excluding carboxylic acids is 1. The Bertz CT molecular complexity index is 1070. The lowest BCUT2D eigenvalue weighted by Crippen LogP contribution is -2.30. The Hall–Kier alpha value is -4.21. The van der Waals surface area contributed by atoms with Gasteiger partial charge in [0.15, 0.2) is 0 Å². The summed E-state index contributed by atoms with van der Waals surface area (Å²) < 4.78 is 5.05. The number of benzene rings is 2. The molecule has 3 N–H and O–H groups in total. The van der Waals surface area contributed by atoms with Crippen LogP contribution in [0.4, 0.5) is 23.0 Å². The Morgan fingerprint density at radius 3 is 2.26 bits per heavy atom. The molecule has 31 heavy (non-hydrogen) atoms. The molecule has 1 amide bonds. The standard InChI is InChI=1S/C21H22N6O4/c1-13(2)14-4-8-16(9-5-14)24-19-18(27(29)30)20(23-12-22-19)25-26-21(28)15-6-10-17(31-3)11-7-15/h4-13H,1-3H3,(H,26,28)(H2,22,23,24,25). The zero-order valence-corrected chi connectivity index (χ0v) is 17.2. The van der Waals surface area contributed by atoms with Crippen LogP contribution in [0.25, 0.3) is 0 Å². The highest BCUT2D eigenvalue weighted by atomic mass is 16.6. The van der Waals surface area contributed by atoms with Crippen molar-refractivity contribution in [2.24, 2.45) is 0 Å². The van der Waals surface area contributed by atoms with Crippen LogP contribution in [0, 0.1) is 10.1 Å². The van der Waals surface area contributed by atoms with Crippen LogP contribution in [0.3, 0.4) is 0 Å². The maximum absolute atomic E-state index is 12.3. The summed E-state index contributed by atoms with van der Waals surface area (Å²) in [6.07, 6.45) is 1.17. The number of hydrogen-bond acceptors (Lipinski definition) is 8. The molecule has 0 bridgehead atoms. The Labute approximate surface area is 178 Å². The van der Waals surface area contributed by atoms with E-state index in [9.17, 15) is 14.9 Å². The number of amides is 1. The molecule has 10 heteroatoms. The number of carbonyl (C=O) groups is 1. The minimum Gasteiger partial charge on any atom is -0.497 e. The van der Waals surface area contributed by atoms with Crippen molar-refractivity contribution in [3.63, 3.8) is 0 Å². The molecule has 3 aromatic rings. The van der Waals surface area contributed by atoms with Crippen molar-refractivity contribution in [1.29, 1.82) is 0 Å². The molecule has 0 radical (unpaired) electrons. The van der Waals surface area contributed by atoms with Crippen molar-refractivity contribution in [2.45, 2.75) is 19.8 Å². The van der Waals surface area contributed by atoms with Gasteiger partial charge < -0.3 is 10.1 Å². The molecule has 0 aliphatic heterocycles. The van der Waals surface area contributed by atoms with Crippen molar-refractivity contribution in [1.82, 2.24) is 15.4 Å². The van der Waals surface area contributed by atoms with Crippen molar-refractivity contribution in [3.05, 3.63) is 76.1 Å². The minimum atomic E-state index is -0.618. The molecule has 0 aliphatic rings. The van der Waals surface area contributed by atoms with Crippen LogP contribution in [-0.2, 0) is 0 Å². The molecule has 0 fully saturated rings. The van der Waals surface area contributed by atoms with Gasteiger partial charge in [0.1, 0.15) is 12.1 Å². The minimum absolute atomic E-state index is 0.00140. The number of methoxy groups -OCH3 is 1. The molecule has 160 valence electrons. The summed E-state index contributed by atoms with van der Waals surface area (Å²) in [6.45, 7) is 4.16. The average molecular weight is 422 g/mol. The summed E-state index contributed by atoms with van der Waals surface area (Å²) in [7, 11) is 1.52. The molecule has 0 saturated carbocycles. The number of hydrazine groups is 1. The highest BCUT2D eigenvalue weighted by Crippen LogP contribution is 2.31. The van der Waals surface area contributed by atoms with Crippen LogP contribution in [0.5, 0.6) is 5.75 Å². The fraction of sp³-hybridized carbons (Fsp3) is 0.190. The van der Waals surface area contributed by atoms with E-state index in [4.69, 9.17) is 4.74 Å². The van der Waals surface area contributed by atoms with Crippen molar-refractivity contribution in [3.8, 4) is 5.75 Å². The number of aromatic nitrogens is 2. The second-order valence-electron chi connectivity index (χ2n) is 6.89. The molecular weight excluding hydrogens is 400 g/mol. The smallest absolute Gasteiger partial charge is 0.355 e. The Morgan fingerprint density at radius 2 is 1.68 bits per heavy atom. The van der Waals surface area contributed by atoms with E-state index in [1.807, 2.05) is 24.3 Å². The predicted octanol–water partition coefficient (Wildman–Crippen LogP) is 4.02. The first-order valence-corrected chi connectivity index (χ1v) is 9.45. The van der Waals surface area contributed by atoms with E-state index in [0.29, 0.717) is 22.9 Å². The molecule has 2 aromatic carbocycles. The van der Waals surface area contributed by atoms with Gasteiger partial charge in [-0.2, -0.15) is 0 Å². The number of hydrogen-bond donors (Lipinski definition) is 3. The Kier molecular flexibility index (Phi) is 6.61. The summed E-state index contributed by atoms with van der Waals surface area (Å²) in [5, 5.41) is 14.6. The van der Waals surface area contributed by atoms with Crippen LogP contribution in [0.1, 0.15) is 35.7 Å². The summed E-state index contributed by atoms with van der Waals surface area (Å²) in [4.78, 5) is 31.3. The summed E-state index contributed by atoms with van der Waals surface area (Å²) >= 11 is 0. The molecule has 1 aromatic heterocycles. The summed E-state index contributed by atoms with van der Waals surface area (Å²) in [6, 6.07) is 13.9. The maximum atomic E-state index is 12.3. The topological polar surface area (TPSA) is 131 Å². The lowest BCUT2D eigenvalue weighted by atomic mass is 10.0. The predicted molar refractivity (Wildman–Crippen MR) is 117 cm³/mol. The number of anilines is 3. The van der Waals surface area contributed by atoms with Gasteiger partial charge in [0.05, 0.1) is 12.0 Å². The van der Waals surface area contributed by atoms with E-state index in [1.54, 1.807) is 24.3 Å². The lowest BCUT2D eigenvalue weighted by molar-refractivity contribution is -0.383. The second kappa shape index (κ2) is 9.53. The third-order valence-electron chi connectivity index (χ3n) is 4.49. The number of nitrogens with zero attached hydrogens (tertiary/aromatic N) is 3. The van der Waals surface area contributed by atoms with Crippen LogP contribution in [0.2, 0.25) is 0 Å². The van der Waals surface area contributed by atoms with Gasteiger partial charge in [-0.3, -0.25) is 25.8 Å². The first-order valence-electron chi connectivity index (χ1n) is 9.45. The zero-order chi connectivity index (χ0) is 22.4. The highest BCUT2D eigenvalue weighted by Gasteiger charge is 2.23. The van der Waals surface area contributed by atoms with E-state index in [1.165, 1.54) is 13.4 Å². The second-order valence-corrected chi connectivity index (χ2v) is 6.89. The number of nitro groups is 1. The van der Waals surface area contributed by atoms with Gasteiger partial charge in [-0.15, -0.1) is 0 Å². The van der Waals surface area contributed by atoms with Gasteiger partial charge in [-0.1, -0.05) is 26.0 Å². The molecule has 0 saturated heterocycles. The van der Waals surface area contributed by atoms with Gasteiger partial charge in [-0.25, -0.2) is 9.97 Å². The number of nitrogens with one attached hydrogen (secondary N) is 3. The molecule has 10 nitrogen and oxygen atoms in total. The third-order valence-corrected chi connectivity index (χ3v) is 4.49. The normalized spacial score (nSPS) is 10.5. The van der Waals surface area contributed by atoms with Crippen LogP contribution in [-0.4, -0.2) is 27.9 Å². The van der Waals surface area contributed by atoms with Gasteiger partial charge >= 0.3 is 5.69 Å². The van der Waals surface area contributed by atoms with E-state index in [2.05, 4.69) is 40.0 Å². The van der Waals surface area contributed by atoms with Gasteiger partial charge in [0.2, 0.25) is 11.6 Å². The maximum Gasteiger partial charge on any atom is 0.355 e. The van der Waals surface area contributed by atoms with Gasteiger partial charge in [-0.05, 0) is 47.9 Å². The first kappa shape index (κ1) is 21.5. The highest BCUT2D eigenvalue weighted by molar-refractivity contribution is 5.95. The average Bonchev–Trinajstić information content (AvgIpc) is 2.77. The zero-order valence-electron chi connectivity index (χ0n) is 17.2. The fourth-order valence-electron chi connectivity index (χ4n) is 2.75. The molecule has 1 heterocycles. The first-order chi connectivity index (χ1) is 14.9. The fourth-order valence-corrected chi connectivity index (χ4v) is 2.75. The van der Waals surface area contributed by atoms with Crippen molar-refractivity contribution < 1.29 is 14.5 Å². The van der Waals surface area contributed by atoms with Crippen molar-refractivity contribution >= 4 is 28.9 Å². The van der Waals surface area contributed by atoms with E-state index < -0.39 is 16.5 Å². The van der Waals surface area contributed by atoms with Gasteiger partial charge in [0, 0.05) is 11.3 Å². The lowest BCUT2D eigenvalue weighted by Gasteiger charge is -2.12. The SMILES string of the molecule is COc1ccc(C(=O)NNc2ncnc(Nc3ccc(C(C)C)cc3)c2[N+](=O)[O-])cc1. The molecular formula is C21H22N6O4. The number of ether oxygens (including phenoxy) is 1. The third kappa shape index (κ3) is 5.24. The van der Waals surface area contributed by atoms with Crippen LogP contribution in [0.15, 0.2) is 54.9 Å². The van der Waals surface area contributed by atoms with Crippen molar-refractivity contribution in [2.75, 3.05) is 17.9 Å². The van der Waals surface area contributed by atoms with E-state index in [-0.39, 0.29) is 11.6 Å². The Morgan fingerprint density at radius 1 is 1.03 bits per heavy atom. The molecule has 0 unspecified atom stereocenters. The summed E-state index contributed by atoms with van der Waals surface area (Å²) in [5.41, 5.74) is 6.64. The summed E-state index contributed by atoms with van der Waals surface area (Å²) in [5.74, 6) is 0.330.